The Balaban J connectivity index is 1.64. The van der Waals surface area contributed by atoms with Gasteiger partial charge < -0.3 is 15.0 Å². The molecule has 0 aliphatic heterocycles. The number of amides is 1. The van der Waals surface area contributed by atoms with Crippen LogP contribution in [0.2, 0.25) is 0 Å². The van der Waals surface area contributed by atoms with Gasteiger partial charge in [-0.2, -0.15) is 0 Å². The molecule has 0 atom stereocenters. The number of carboxylic acid groups (broad SMARTS) is 1. The Morgan fingerprint density at radius 3 is 2.61 bits per heavy atom. The van der Waals surface area contributed by atoms with Crippen LogP contribution in [0.15, 0.2) is 36.5 Å². The van der Waals surface area contributed by atoms with Gasteiger partial charge in [0.15, 0.2) is 0 Å². The molecule has 122 valence electrons. The Bertz CT molecular complexity index is 714. The van der Waals surface area contributed by atoms with Crippen LogP contribution in [0.1, 0.15) is 38.5 Å². The summed E-state index contributed by atoms with van der Waals surface area (Å²) in [6.45, 7) is 0.551. The van der Waals surface area contributed by atoms with Crippen LogP contribution in [0.5, 0.6) is 0 Å². The number of nitrogens with zero attached hydrogens (tertiary/aromatic N) is 1. The summed E-state index contributed by atoms with van der Waals surface area (Å²) in [5, 5.41) is 13.4. The predicted molar refractivity (Wildman–Crippen MR) is 88.1 cm³/mol. The Kier molecular flexibility index (Phi) is 4.37. The molecule has 0 saturated heterocycles. The van der Waals surface area contributed by atoms with Crippen molar-refractivity contribution >= 4 is 22.8 Å². The molecule has 0 radical (unpaired) electrons. The molecule has 1 fully saturated rings. The minimum absolute atomic E-state index is 0.188. The molecule has 1 aliphatic rings. The summed E-state index contributed by atoms with van der Waals surface area (Å²) in [6.07, 6.45) is 6.06. The average molecular weight is 314 g/mol. The number of fused-ring (bicyclic) bond motifs is 1. The van der Waals surface area contributed by atoms with E-state index in [2.05, 4.69) is 5.32 Å². The van der Waals surface area contributed by atoms with E-state index in [1.807, 2.05) is 41.1 Å². The summed E-state index contributed by atoms with van der Waals surface area (Å²) in [5.41, 5.74) is 0.0274. The first-order valence-corrected chi connectivity index (χ1v) is 8.19. The predicted octanol–water partition coefficient (Wildman–Crippen LogP) is 2.94. The molecule has 0 spiro atoms. The maximum Gasteiger partial charge on any atom is 0.329 e. The van der Waals surface area contributed by atoms with Gasteiger partial charge >= 0.3 is 5.97 Å². The summed E-state index contributed by atoms with van der Waals surface area (Å²) in [4.78, 5) is 23.9. The first-order valence-electron chi connectivity index (χ1n) is 8.19. The fourth-order valence-electron chi connectivity index (χ4n) is 3.43. The molecule has 2 aromatic rings. The molecule has 2 N–H and O–H groups in total. The SMILES string of the molecule is O=C(CCn1ccc2ccccc21)NC1(C(=O)O)CCCCC1. The maximum absolute atomic E-state index is 12.3. The van der Waals surface area contributed by atoms with Gasteiger partial charge in [0.25, 0.3) is 0 Å². The topological polar surface area (TPSA) is 71.3 Å². The van der Waals surface area contributed by atoms with Gasteiger partial charge in [-0.3, -0.25) is 4.79 Å². The van der Waals surface area contributed by atoms with Crippen LogP contribution in [0.3, 0.4) is 0 Å². The number of para-hydroxylation sites is 1. The third kappa shape index (κ3) is 3.23. The zero-order valence-corrected chi connectivity index (χ0v) is 13.1. The van der Waals surface area contributed by atoms with Crippen molar-refractivity contribution in [2.45, 2.75) is 50.6 Å². The Labute approximate surface area is 135 Å². The van der Waals surface area contributed by atoms with Gasteiger partial charge in [-0.15, -0.1) is 0 Å². The van der Waals surface area contributed by atoms with Crippen LogP contribution in [0.4, 0.5) is 0 Å². The second-order valence-electron chi connectivity index (χ2n) is 6.31. The summed E-state index contributed by atoms with van der Waals surface area (Å²) in [7, 11) is 0. The first-order chi connectivity index (χ1) is 11.1. The van der Waals surface area contributed by atoms with E-state index in [9.17, 15) is 14.7 Å². The van der Waals surface area contributed by atoms with Crippen molar-refractivity contribution in [3.8, 4) is 0 Å². The standard InChI is InChI=1S/C18H22N2O3/c21-16(19-18(17(22)23)10-4-1-5-11-18)9-13-20-12-8-14-6-2-3-7-15(14)20/h2-3,6-8,12H,1,4-5,9-11,13H2,(H,19,21)(H,22,23). The zero-order chi connectivity index (χ0) is 16.3. The number of nitrogens with one attached hydrogen (secondary N) is 1. The lowest BCUT2D eigenvalue weighted by molar-refractivity contribution is -0.149. The number of aryl methyl sites for hydroxylation is 1. The lowest BCUT2D eigenvalue weighted by Gasteiger charge is -2.34. The maximum atomic E-state index is 12.3. The lowest BCUT2D eigenvalue weighted by Crippen LogP contribution is -2.55. The zero-order valence-electron chi connectivity index (χ0n) is 13.1. The van der Waals surface area contributed by atoms with Gasteiger partial charge in [-0.05, 0) is 30.4 Å². The molecular formula is C18H22N2O3. The highest BCUT2D eigenvalue weighted by atomic mass is 16.4. The monoisotopic (exact) mass is 314 g/mol. The fourth-order valence-corrected chi connectivity index (χ4v) is 3.43. The van der Waals surface area contributed by atoms with E-state index < -0.39 is 11.5 Å². The third-order valence-corrected chi connectivity index (χ3v) is 4.76. The van der Waals surface area contributed by atoms with Crippen LogP contribution >= 0.6 is 0 Å². The van der Waals surface area contributed by atoms with E-state index >= 15 is 0 Å². The van der Waals surface area contributed by atoms with Gasteiger partial charge in [0.05, 0.1) is 0 Å². The Morgan fingerprint density at radius 1 is 1.13 bits per heavy atom. The highest BCUT2D eigenvalue weighted by Gasteiger charge is 2.40. The third-order valence-electron chi connectivity index (χ3n) is 4.76. The van der Waals surface area contributed by atoms with Crippen LogP contribution in [0, 0.1) is 0 Å². The van der Waals surface area contributed by atoms with Crippen LogP contribution < -0.4 is 5.32 Å². The normalized spacial score (nSPS) is 17.0. The van der Waals surface area contributed by atoms with Gasteiger partial charge in [0.1, 0.15) is 5.54 Å². The molecule has 5 nitrogen and oxygen atoms in total. The van der Waals surface area contributed by atoms with Crippen molar-refractivity contribution in [2.24, 2.45) is 0 Å². The second kappa shape index (κ2) is 6.44. The largest absolute Gasteiger partial charge is 0.480 e. The van der Waals surface area contributed by atoms with E-state index in [4.69, 9.17) is 0 Å². The van der Waals surface area contributed by atoms with E-state index in [0.29, 0.717) is 19.4 Å². The molecule has 1 aromatic heterocycles. The number of aromatic nitrogens is 1. The Hall–Kier alpha value is -2.30. The van der Waals surface area contributed by atoms with Crippen LogP contribution in [-0.4, -0.2) is 27.1 Å². The molecule has 1 aliphatic carbocycles. The van der Waals surface area contributed by atoms with E-state index in [-0.39, 0.29) is 12.3 Å². The summed E-state index contributed by atoms with van der Waals surface area (Å²) in [6, 6.07) is 10.0. The molecule has 0 unspecified atom stereocenters. The lowest BCUT2D eigenvalue weighted by atomic mass is 9.81. The van der Waals surface area contributed by atoms with Crippen molar-refractivity contribution in [3.63, 3.8) is 0 Å². The number of hydrogen-bond acceptors (Lipinski definition) is 2. The molecule has 3 rings (SSSR count). The average Bonchev–Trinajstić information content (AvgIpc) is 2.97. The number of carbonyl (C=O) groups is 2. The molecular weight excluding hydrogens is 292 g/mol. The number of carbonyl (C=O) groups excluding carboxylic acids is 1. The fraction of sp³-hybridized carbons (Fsp3) is 0.444. The van der Waals surface area contributed by atoms with Gasteiger partial charge in [-0.1, -0.05) is 37.5 Å². The molecule has 5 heteroatoms. The van der Waals surface area contributed by atoms with Crippen molar-refractivity contribution in [1.29, 1.82) is 0 Å². The van der Waals surface area contributed by atoms with E-state index in [0.717, 1.165) is 30.2 Å². The van der Waals surface area contributed by atoms with E-state index in [1.165, 1.54) is 0 Å². The quantitative estimate of drug-likeness (QED) is 0.891. The molecule has 1 heterocycles. The smallest absolute Gasteiger partial charge is 0.329 e. The van der Waals surface area contributed by atoms with Gasteiger partial charge in [0, 0.05) is 24.7 Å². The van der Waals surface area contributed by atoms with E-state index in [1.54, 1.807) is 0 Å². The number of hydrogen-bond donors (Lipinski definition) is 2. The first kappa shape index (κ1) is 15.6. The highest BCUT2D eigenvalue weighted by Crippen LogP contribution is 2.28. The molecule has 1 aromatic carbocycles. The second-order valence-corrected chi connectivity index (χ2v) is 6.31. The summed E-state index contributed by atoms with van der Waals surface area (Å²) >= 11 is 0. The number of carboxylic acids is 1. The Morgan fingerprint density at radius 2 is 1.87 bits per heavy atom. The van der Waals surface area contributed by atoms with Crippen molar-refractivity contribution < 1.29 is 14.7 Å². The van der Waals surface area contributed by atoms with Crippen molar-refractivity contribution in [2.75, 3.05) is 0 Å². The number of rotatable bonds is 5. The molecule has 1 amide bonds. The van der Waals surface area contributed by atoms with Crippen molar-refractivity contribution in [1.82, 2.24) is 9.88 Å². The number of aliphatic carboxylic acids is 1. The van der Waals surface area contributed by atoms with Gasteiger partial charge in [0.2, 0.25) is 5.91 Å². The summed E-state index contributed by atoms with van der Waals surface area (Å²) in [5.74, 6) is -1.09. The minimum atomic E-state index is -1.06. The van der Waals surface area contributed by atoms with Gasteiger partial charge in [-0.25, -0.2) is 4.79 Å². The molecule has 23 heavy (non-hydrogen) atoms. The molecule has 0 bridgehead atoms. The van der Waals surface area contributed by atoms with Crippen LogP contribution in [0.25, 0.3) is 10.9 Å². The minimum Gasteiger partial charge on any atom is -0.480 e. The number of benzene rings is 1. The highest BCUT2D eigenvalue weighted by molar-refractivity contribution is 5.87. The van der Waals surface area contributed by atoms with Crippen LogP contribution in [-0.2, 0) is 16.1 Å². The summed E-state index contributed by atoms with van der Waals surface area (Å²) < 4.78 is 2.03. The molecule has 1 saturated carbocycles. The van der Waals surface area contributed by atoms with Crippen molar-refractivity contribution in [3.05, 3.63) is 36.5 Å².